The van der Waals surface area contributed by atoms with E-state index in [2.05, 4.69) is 33.1 Å². The molecule has 164 valence electrons. The standard InChI is InChI=1S/C24H31N5O2/c1-25-23(30)18-10-7-17(8-11-18)15-27-22-19-13-14-26-24(31)21(19)28-20(29-22)12-9-16-5-3-2-4-6-16/h2-6,17-18H,7-15H2,1H3,(H,25,30)(H,26,31)(H,27,28,29). The molecule has 1 aliphatic heterocycles. The van der Waals surface area contributed by atoms with Crippen molar-refractivity contribution in [2.45, 2.75) is 44.9 Å². The lowest BCUT2D eigenvalue weighted by Crippen LogP contribution is -2.35. The lowest BCUT2D eigenvalue weighted by Gasteiger charge is -2.28. The van der Waals surface area contributed by atoms with Crippen LogP contribution in [0.25, 0.3) is 0 Å². The maximum Gasteiger partial charge on any atom is 0.270 e. The van der Waals surface area contributed by atoms with E-state index in [9.17, 15) is 9.59 Å². The molecule has 0 atom stereocenters. The Hall–Kier alpha value is -2.96. The summed E-state index contributed by atoms with van der Waals surface area (Å²) >= 11 is 0. The van der Waals surface area contributed by atoms with Crippen molar-refractivity contribution < 1.29 is 9.59 Å². The first-order valence-corrected chi connectivity index (χ1v) is 11.3. The number of nitrogens with one attached hydrogen (secondary N) is 3. The normalized spacial score (nSPS) is 20.5. The number of aryl methyl sites for hydroxylation is 2. The molecule has 2 amide bonds. The van der Waals surface area contributed by atoms with Gasteiger partial charge in [-0.2, -0.15) is 0 Å². The quantitative estimate of drug-likeness (QED) is 0.638. The molecular formula is C24H31N5O2. The number of carbonyl (C=O) groups excluding carboxylic acids is 2. The third-order valence-electron chi connectivity index (χ3n) is 6.43. The first-order valence-electron chi connectivity index (χ1n) is 11.3. The summed E-state index contributed by atoms with van der Waals surface area (Å²) in [5.74, 6) is 2.20. The second-order valence-electron chi connectivity index (χ2n) is 8.52. The van der Waals surface area contributed by atoms with Crippen LogP contribution in [0.2, 0.25) is 0 Å². The number of rotatable bonds is 7. The SMILES string of the molecule is CNC(=O)C1CCC(CNc2nc(CCc3ccccc3)nc3c2CCNC3=O)CC1. The molecule has 2 heterocycles. The van der Waals surface area contributed by atoms with Crippen LogP contribution in [0.4, 0.5) is 5.82 Å². The largest absolute Gasteiger partial charge is 0.369 e. The van der Waals surface area contributed by atoms with Crippen LogP contribution in [-0.2, 0) is 24.1 Å². The molecule has 3 N–H and O–H groups in total. The van der Waals surface area contributed by atoms with Crippen LogP contribution in [0.15, 0.2) is 30.3 Å². The predicted octanol–water partition coefficient (Wildman–Crippen LogP) is 2.51. The van der Waals surface area contributed by atoms with E-state index in [1.807, 2.05) is 18.2 Å². The molecule has 1 aliphatic carbocycles. The molecule has 0 radical (unpaired) electrons. The molecule has 0 spiro atoms. The number of anilines is 1. The van der Waals surface area contributed by atoms with Crippen LogP contribution in [0.5, 0.6) is 0 Å². The third kappa shape index (κ3) is 5.21. The maximum absolute atomic E-state index is 12.4. The van der Waals surface area contributed by atoms with Gasteiger partial charge in [-0.3, -0.25) is 9.59 Å². The Bertz CT molecular complexity index is 923. The van der Waals surface area contributed by atoms with Gasteiger partial charge in [0.25, 0.3) is 5.91 Å². The average molecular weight is 422 g/mol. The van der Waals surface area contributed by atoms with Gasteiger partial charge in [0, 0.05) is 38.0 Å². The lowest BCUT2D eigenvalue weighted by molar-refractivity contribution is -0.125. The Morgan fingerprint density at radius 1 is 1.10 bits per heavy atom. The van der Waals surface area contributed by atoms with Crippen molar-refractivity contribution in [1.29, 1.82) is 0 Å². The Labute approximate surface area is 183 Å². The van der Waals surface area contributed by atoms with Crippen LogP contribution in [0.1, 0.15) is 53.1 Å². The Balaban J connectivity index is 1.44. The van der Waals surface area contributed by atoms with Gasteiger partial charge in [0.15, 0.2) is 0 Å². The van der Waals surface area contributed by atoms with E-state index in [-0.39, 0.29) is 17.7 Å². The van der Waals surface area contributed by atoms with E-state index in [0.29, 0.717) is 30.4 Å². The Morgan fingerprint density at radius 2 is 1.87 bits per heavy atom. The van der Waals surface area contributed by atoms with Crippen LogP contribution >= 0.6 is 0 Å². The number of hydrogen-bond acceptors (Lipinski definition) is 5. The molecule has 4 rings (SSSR count). The van der Waals surface area contributed by atoms with Crippen molar-refractivity contribution in [3.05, 3.63) is 53.0 Å². The van der Waals surface area contributed by atoms with Crippen molar-refractivity contribution in [1.82, 2.24) is 20.6 Å². The van der Waals surface area contributed by atoms with Gasteiger partial charge in [-0.1, -0.05) is 30.3 Å². The fourth-order valence-corrected chi connectivity index (χ4v) is 4.57. The molecule has 1 fully saturated rings. The maximum atomic E-state index is 12.4. The van der Waals surface area contributed by atoms with Gasteiger partial charge >= 0.3 is 0 Å². The molecule has 2 aliphatic rings. The highest BCUT2D eigenvalue weighted by atomic mass is 16.2. The summed E-state index contributed by atoms with van der Waals surface area (Å²) in [6, 6.07) is 10.3. The van der Waals surface area contributed by atoms with Crippen molar-refractivity contribution in [2.75, 3.05) is 25.5 Å². The van der Waals surface area contributed by atoms with E-state index in [1.54, 1.807) is 7.05 Å². The lowest BCUT2D eigenvalue weighted by atomic mass is 9.81. The summed E-state index contributed by atoms with van der Waals surface area (Å²) in [5, 5.41) is 9.19. The third-order valence-corrected chi connectivity index (χ3v) is 6.43. The second kappa shape index (κ2) is 9.90. The van der Waals surface area contributed by atoms with Crippen molar-refractivity contribution in [2.24, 2.45) is 11.8 Å². The van der Waals surface area contributed by atoms with E-state index in [4.69, 9.17) is 4.98 Å². The summed E-state index contributed by atoms with van der Waals surface area (Å²) in [6.45, 7) is 1.42. The minimum absolute atomic E-state index is 0.112. The van der Waals surface area contributed by atoms with E-state index in [0.717, 1.165) is 56.5 Å². The van der Waals surface area contributed by atoms with E-state index < -0.39 is 0 Å². The highest BCUT2D eigenvalue weighted by Gasteiger charge is 2.27. The molecule has 0 saturated heterocycles. The summed E-state index contributed by atoms with van der Waals surface area (Å²) in [5.41, 5.74) is 2.66. The molecule has 1 aromatic carbocycles. The number of benzene rings is 1. The van der Waals surface area contributed by atoms with Gasteiger partial charge in [-0.15, -0.1) is 0 Å². The van der Waals surface area contributed by atoms with Crippen LogP contribution in [0, 0.1) is 11.8 Å². The number of carbonyl (C=O) groups is 2. The van der Waals surface area contributed by atoms with Gasteiger partial charge in [0.1, 0.15) is 17.3 Å². The molecule has 0 bridgehead atoms. The van der Waals surface area contributed by atoms with Gasteiger partial charge in [-0.05, 0) is 50.0 Å². The number of nitrogens with zero attached hydrogens (tertiary/aromatic N) is 2. The van der Waals surface area contributed by atoms with E-state index in [1.165, 1.54) is 5.56 Å². The molecule has 7 heteroatoms. The van der Waals surface area contributed by atoms with Crippen molar-refractivity contribution in [3.8, 4) is 0 Å². The molecule has 1 aromatic heterocycles. The van der Waals surface area contributed by atoms with Gasteiger partial charge in [0.05, 0.1) is 0 Å². The molecular weight excluding hydrogens is 390 g/mol. The topological polar surface area (TPSA) is 96.0 Å². The summed E-state index contributed by atoms with van der Waals surface area (Å²) in [7, 11) is 1.71. The molecule has 31 heavy (non-hydrogen) atoms. The molecule has 7 nitrogen and oxygen atoms in total. The van der Waals surface area contributed by atoms with Crippen LogP contribution in [-0.4, -0.2) is 41.9 Å². The monoisotopic (exact) mass is 421 g/mol. The zero-order valence-corrected chi connectivity index (χ0v) is 18.1. The molecule has 0 unspecified atom stereocenters. The summed E-state index contributed by atoms with van der Waals surface area (Å²) < 4.78 is 0. The summed E-state index contributed by atoms with van der Waals surface area (Å²) in [4.78, 5) is 33.7. The minimum Gasteiger partial charge on any atom is -0.369 e. The highest BCUT2D eigenvalue weighted by molar-refractivity contribution is 5.96. The second-order valence-corrected chi connectivity index (χ2v) is 8.52. The summed E-state index contributed by atoms with van der Waals surface area (Å²) in [6.07, 6.45) is 6.18. The molecule has 2 aromatic rings. The molecule has 1 saturated carbocycles. The number of fused-ring (bicyclic) bond motifs is 1. The van der Waals surface area contributed by atoms with Gasteiger partial charge in [-0.25, -0.2) is 9.97 Å². The zero-order valence-electron chi connectivity index (χ0n) is 18.1. The average Bonchev–Trinajstić information content (AvgIpc) is 2.82. The van der Waals surface area contributed by atoms with Crippen LogP contribution in [0.3, 0.4) is 0 Å². The van der Waals surface area contributed by atoms with Crippen molar-refractivity contribution in [3.63, 3.8) is 0 Å². The predicted molar refractivity (Wildman–Crippen MR) is 120 cm³/mol. The van der Waals surface area contributed by atoms with E-state index >= 15 is 0 Å². The fraction of sp³-hybridized carbons (Fsp3) is 0.500. The number of amides is 2. The Morgan fingerprint density at radius 3 is 2.61 bits per heavy atom. The first-order chi connectivity index (χ1) is 15.1. The van der Waals surface area contributed by atoms with Crippen LogP contribution < -0.4 is 16.0 Å². The minimum atomic E-state index is -0.112. The Kier molecular flexibility index (Phi) is 6.79. The zero-order chi connectivity index (χ0) is 21.6. The fourth-order valence-electron chi connectivity index (χ4n) is 4.57. The smallest absolute Gasteiger partial charge is 0.270 e. The van der Waals surface area contributed by atoms with Gasteiger partial charge in [0.2, 0.25) is 5.91 Å². The van der Waals surface area contributed by atoms with Gasteiger partial charge < -0.3 is 16.0 Å². The van der Waals surface area contributed by atoms with Crippen molar-refractivity contribution >= 4 is 17.6 Å². The number of aromatic nitrogens is 2. The first kappa shape index (κ1) is 21.3. The number of hydrogen-bond donors (Lipinski definition) is 3. The highest BCUT2D eigenvalue weighted by Crippen LogP contribution is 2.30.